The summed E-state index contributed by atoms with van der Waals surface area (Å²) in [7, 11) is 0. The first-order chi connectivity index (χ1) is 7.63. The Labute approximate surface area is 96.2 Å². The second kappa shape index (κ2) is 6.10. The predicted octanol–water partition coefficient (Wildman–Crippen LogP) is 2.45. The summed E-state index contributed by atoms with van der Waals surface area (Å²) < 4.78 is 5.13. The van der Waals surface area contributed by atoms with Crippen LogP contribution >= 0.6 is 0 Å². The average molecular weight is 222 g/mol. The first-order valence-electron chi connectivity index (χ1n) is 5.49. The quantitative estimate of drug-likeness (QED) is 0.785. The van der Waals surface area contributed by atoms with Crippen molar-refractivity contribution in [3.05, 3.63) is 30.1 Å². The van der Waals surface area contributed by atoms with Crippen LogP contribution in [0.4, 0.5) is 4.79 Å². The maximum Gasteiger partial charge on any atom is 0.410 e. The minimum Gasteiger partial charge on any atom is -0.447 e. The summed E-state index contributed by atoms with van der Waals surface area (Å²) in [4.78, 5) is 17.5. The molecule has 0 aromatic carbocycles. The van der Waals surface area contributed by atoms with E-state index in [-0.39, 0.29) is 12.2 Å². The summed E-state index contributed by atoms with van der Waals surface area (Å²) in [5, 5.41) is 0. The number of aromatic nitrogens is 1. The molecule has 1 aromatic rings. The molecule has 88 valence electrons. The molecule has 0 spiro atoms. The first kappa shape index (κ1) is 12.5. The zero-order valence-corrected chi connectivity index (χ0v) is 10.0. The number of amides is 1. The van der Waals surface area contributed by atoms with Crippen LogP contribution in [0.15, 0.2) is 24.4 Å². The third-order valence-electron chi connectivity index (χ3n) is 2.06. The molecule has 0 aliphatic heterocycles. The maximum absolute atomic E-state index is 11.7. The highest BCUT2D eigenvalue weighted by Gasteiger charge is 2.14. The van der Waals surface area contributed by atoms with E-state index in [2.05, 4.69) is 4.98 Å². The van der Waals surface area contributed by atoms with Gasteiger partial charge in [-0.25, -0.2) is 4.79 Å². The van der Waals surface area contributed by atoms with E-state index in [4.69, 9.17) is 4.74 Å². The lowest BCUT2D eigenvalue weighted by atomic mass is 10.3. The van der Waals surface area contributed by atoms with Gasteiger partial charge in [0.25, 0.3) is 0 Å². The fourth-order valence-corrected chi connectivity index (χ4v) is 1.27. The number of ether oxygens (including phenoxy) is 1. The molecule has 4 heteroatoms. The number of hydrogen-bond donors (Lipinski definition) is 0. The van der Waals surface area contributed by atoms with Gasteiger partial charge in [0.1, 0.15) is 0 Å². The summed E-state index contributed by atoms with van der Waals surface area (Å²) in [6.07, 6.45) is 1.34. The van der Waals surface area contributed by atoms with Crippen molar-refractivity contribution in [3.8, 4) is 0 Å². The molecule has 0 bridgehead atoms. The molecule has 4 nitrogen and oxygen atoms in total. The molecule has 0 atom stereocenters. The van der Waals surface area contributed by atoms with Crippen molar-refractivity contribution >= 4 is 6.09 Å². The molecular weight excluding hydrogens is 204 g/mol. The lowest BCUT2D eigenvalue weighted by Crippen LogP contribution is -2.32. The Hall–Kier alpha value is -1.58. The van der Waals surface area contributed by atoms with E-state index in [1.807, 2.05) is 39.0 Å². The van der Waals surface area contributed by atoms with Crippen LogP contribution in [-0.4, -0.2) is 28.6 Å². The Bertz CT molecular complexity index is 325. The van der Waals surface area contributed by atoms with Crippen molar-refractivity contribution in [1.82, 2.24) is 9.88 Å². The van der Waals surface area contributed by atoms with E-state index >= 15 is 0 Å². The SMILES string of the molecule is CCN(Cc1ccccn1)C(=O)OC(C)C. The van der Waals surface area contributed by atoms with Gasteiger partial charge >= 0.3 is 6.09 Å². The van der Waals surface area contributed by atoms with E-state index in [1.54, 1.807) is 11.1 Å². The third-order valence-corrected chi connectivity index (χ3v) is 2.06. The van der Waals surface area contributed by atoms with Gasteiger partial charge in [0.15, 0.2) is 0 Å². The summed E-state index contributed by atoms with van der Waals surface area (Å²) in [6, 6.07) is 5.65. The summed E-state index contributed by atoms with van der Waals surface area (Å²) >= 11 is 0. The number of rotatable bonds is 4. The third kappa shape index (κ3) is 3.88. The van der Waals surface area contributed by atoms with E-state index in [1.165, 1.54) is 0 Å². The van der Waals surface area contributed by atoms with Gasteiger partial charge in [0, 0.05) is 12.7 Å². The van der Waals surface area contributed by atoms with Gasteiger partial charge in [-0.1, -0.05) is 6.07 Å². The van der Waals surface area contributed by atoms with Crippen LogP contribution in [0.1, 0.15) is 26.5 Å². The predicted molar refractivity (Wildman–Crippen MR) is 61.9 cm³/mol. The molecule has 0 aliphatic carbocycles. The number of hydrogen-bond acceptors (Lipinski definition) is 3. The van der Waals surface area contributed by atoms with Crippen molar-refractivity contribution in [3.63, 3.8) is 0 Å². The monoisotopic (exact) mass is 222 g/mol. The van der Waals surface area contributed by atoms with Crippen molar-refractivity contribution < 1.29 is 9.53 Å². The molecule has 1 heterocycles. The van der Waals surface area contributed by atoms with E-state index in [0.717, 1.165) is 5.69 Å². The maximum atomic E-state index is 11.7. The number of carbonyl (C=O) groups is 1. The van der Waals surface area contributed by atoms with Gasteiger partial charge in [0.2, 0.25) is 0 Å². The Balaban J connectivity index is 2.58. The van der Waals surface area contributed by atoms with Crippen LogP contribution in [0.5, 0.6) is 0 Å². The van der Waals surface area contributed by atoms with Gasteiger partial charge in [-0.3, -0.25) is 4.98 Å². The number of carbonyl (C=O) groups excluding carboxylic acids is 1. The molecule has 0 unspecified atom stereocenters. The Morgan fingerprint density at radius 1 is 1.50 bits per heavy atom. The fourth-order valence-electron chi connectivity index (χ4n) is 1.27. The summed E-state index contributed by atoms with van der Waals surface area (Å²) in [5.74, 6) is 0. The van der Waals surface area contributed by atoms with Gasteiger partial charge in [-0.05, 0) is 32.9 Å². The smallest absolute Gasteiger partial charge is 0.410 e. The number of nitrogens with zero attached hydrogens (tertiary/aromatic N) is 2. The zero-order valence-electron chi connectivity index (χ0n) is 10.0. The first-order valence-corrected chi connectivity index (χ1v) is 5.49. The standard InChI is InChI=1S/C12H18N2O2/c1-4-14(12(15)16-10(2)3)9-11-7-5-6-8-13-11/h5-8,10H,4,9H2,1-3H3. The Morgan fingerprint density at radius 2 is 2.25 bits per heavy atom. The highest BCUT2D eigenvalue weighted by Crippen LogP contribution is 2.04. The molecule has 16 heavy (non-hydrogen) atoms. The molecule has 0 radical (unpaired) electrons. The van der Waals surface area contributed by atoms with Crippen LogP contribution < -0.4 is 0 Å². The van der Waals surface area contributed by atoms with Crippen LogP contribution in [-0.2, 0) is 11.3 Å². The van der Waals surface area contributed by atoms with Crippen molar-refractivity contribution in [2.24, 2.45) is 0 Å². The summed E-state index contributed by atoms with van der Waals surface area (Å²) in [6.45, 7) is 6.70. The van der Waals surface area contributed by atoms with Gasteiger partial charge in [-0.15, -0.1) is 0 Å². The molecular formula is C12H18N2O2. The van der Waals surface area contributed by atoms with Crippen LogP contribution in [0.2, 0.25) is 0 Å². The lowest BCUT2D eigenvalue weighted by Gasteiger charge is -2.21. The van der Waals surface area contributed by atoms with E-state index in [0.29, 0.717) is 13.1 Å². The van der Waals surface area contributed by atoms with E-state index < -0.39 is 0 Å². The van der Waals surface area contributed by atoms with Gasteiger partial charge < -0.3 is 9.64 Å². The van der Waals surface area contributed by atoms with Crippen molar-refractivity contribution in [2.75, 3.05) is 6.54 Å². The highest BCUT2D eigenvalue weighted by atomic mass is 16.6. The second-order valence-corrected chi connectivity index (χ2v) is 3.77. The zero-order chi connectivity index (χ0) is 12.0. The van der Waals surface area contributed by atoms with Crippen molar-refractivity contribution in [1.29, 1.82) is 0 Å². The Morgan fingerprint density at radius 3 is 2.75 bits per heavy atom. The Kier molecular flexibility index (Phi) is 4.76. The van der Waals surface area contributed by atoms with Crippen molar-refractivity contribution in [2.45, 2.75) is 33.4 Å². The minimum absolute atomic E-state index is 0.0923. The normalized spacial score (nSPS) is 10.2. The van der Waals surface area contributed by atoms with Crippen LogP contribution in [0.25, 0.3) is 0 Å². The van der Waals surface area contributed by atoms with Gasteiger partial charge in [-0.2, -0.15) is 0 Å². The summed E-state index contributed by atoms with van der Waals surface area (Å²) in [5.41, 5.74) is 0.866. The molecule has 0 saturated heterocycles. The van der Waals surface area contributed by atoms with Gasteiger partial charge in [0.05, 0.1) is 18.3 Å². The molecule has 0 saturated carbocycles. The minimum atomic E-state index is -0.289. The second-order valence-electron chi connectivity index (χ2n) is 3.77. The molecule has 0 N–H and O–H groups in total. The molecule has 0 aliphatic rings. The van der Waals surface area contributed by atoms with Crippen LogP contribution in [0.3, 0.4) is 0 Å². The lowest BCUT2D eigenvalue weighted by molar-refractivity contribution is 0.0758. The average Bonchev–Trinajstić information content (AvgIpc) is 2.26. The molecule has 1 rings (SSSR count). The molecule has 0 fully saturated rings. The molecule has 1 amide bonds. The van der Waals surface area contributed by atoms with E-state index in [9.17, 15) is 4.79 Å². The topological polar surface area (TPSA) is 42.4 Å². The fraction of sp³-hybridized carbons (Fsp3) is 0.500. The van der Waals surface area contributed by atoms with Crippen LogP contribution in [0, 0.1) is 0 Å². The largest absolute Gasteiger partial charge is 0.447 e. The highest BCUT2D eigenvalue weighted by molar-refractivity contribution is 5.67. The number of pyridine rings is 1. The molecule has 1 aromatic heterocycles.